The molecule has 0 amide bonds. The quantitative estimate of drug-likeness (QED) is 0.928. The van der Waals surface area contributed by atoms with Crippen molar-refractivity contribution in [3.05, 3.63) is 23.0 Å². The van der Waals surface area contributed by atoms with Gasteiger partial charge in [-0.1, -0.05) is 11.6 Å². The van der Waals surface area contributed by atoms with E-state index in [-0.39, 0.29) is 0 Å². The topological polar surface area (TPSA) is 75.5 Å². The summed E-state index contributed by atoms with van der Waals surface area (Å²) in [6, 6.07) is 0.295. The molecule has 0 aromatic carbocycles. The van der Waals surface area contributed by atoms with Gasteiger partial charge in [0.1, 0.15) is 5.82 Å². The molecule has 7 nitrogen and oxygen atoms in total. The first-order valence-electron chi connectivity index (χ1n) is 7.71. The molecule has 0 saturated carbocycles. The summed E-state index contributed by atoms with van der Waals surface area (Å²) in [5, 5.41) is 15.7. The highest BCUT2D eigenvalue weighted by Crippen LogP contribution is 2.30. The van der Waals surface area contributed by atoms with Crippen molar-refractivity contribution in [2.45, 2.75) is 59.2 Å². The van der Waals surface area contributed by atoms with Gasteiger partial charge < -0.3 is 0 Å². The number of nitrogens with zero attached hydrogens (tertiary/aromatic N) is 6. The van der Waals surface area contributed by atoms with Gasteiger partial charge in [0.15, 0.2) is 5.82 Å². The SMILES string of the molecule is CCn1nnc(C)c1CN1CCCCC1c1n[nH]c(C)n1. The normalized spacial score (nSPS) is 20.0. The molecule has 3 heterocycles. The molecule has 1 fully saturated rings. The minimum atomic E-state index is 0.295. The molecule has 7 heteroatoms. The Balaban J connectivity index is 1.83. The minimum absolute atomic E-state index is 0.295. The highest BCUT2D eigenvalue weighted by molar-refractivity contribution is 5.09. The van der Waals surface area contributed by atoms with Crippen molar-refractivity contribution in [3.63, 3.8) is 0 Å². The number of hydrogen-bond acceptors (Lipinski definition) is 5. The van der Waals surface area contributed by atoms with E-state index in [9.17, 15) is 0 Å². The van der Waals surface area contributed by atoms with Crippen LogP contribution >= 0.6 is 0 Å². The third kappa shape index (κ3) is 2.83. The fraction of sp³-hybridized carbons (Fsp3) is 0.714. The number of piperidine rings is 1. The number of rotatable bonds is 4. The Hall–Kier alpha value is -1.76. The largest absolute Gasteiger partial charge is 0.287 e. The van der Waals surface area contributed by atoms with Gasteiger partial charge in [-0.3, -0.25) is 10.00 Å². The third-order valence-corrected chi connectivity index (χ3v) is 4.21. The lowest BCUT2D eigenvalue weighted by Gasteiger charge is -2.33. The summed E-state index contributed by atoms with van der Waals surface area (Å²) < 4.78 is 1.99. The Morgan fingerprint density at radius 2 is 2.14 bits per heavy atom. The van der Waals surface area contributed by atoms with Crippen LogP contribution in [-0.4, -0.2) is 41.6 Å². The molecule has 0 bridgehead atoms. The first-order chi connectivity index (χ1) is 10.2. The molecule has 1 aliphatic heterocycles. The molecule has 1 aliphatic rings. The Labute approximate surface area is 124 Å². The second-order valence-corrected chi connectivity index (χ2v) is 5.70. The summed E-state index contributed by atoms with van der Waals surface area (Å²) in [6.45, 7) is 8.88. The predicted octanol–water partition coefficient (Wildman–Crippen LogP) is 1.76. The van der Waals surface area contributed by atoms with E-state index >= 15 is 0 Å². The van der Waals surface area contributed by atoms with Crippen LogP contribution in [0, 0.1) is 13.8 Å². The zero-order valence-electron chi connectivity index (χ0n) is 13.0. The monoisotopic (exact) mass is 289 g/mol. The van der Waals surface area contributed by atoms with Gasteiger partial charge in [0.25, 0.3) is 0 Å². The highest BCUT2D eigenvalue weighted by atomic mass is 15.4. The number of hydrogen-bond donors (Lipinski definition) is 1. The molecule has 3 rings (SSSR count). The molecule has 1 N–H and O–H groups in total. The third-order valence-electron chi connectivity index (χ3n) is 4.21. The number of aromatic nitrogens is 6. The van der Waals surface area contributed by atoms with Crippen LogP contribution < -0.4 is 0 Å². The molecule has 21 heavy (non-hydrogen) atoms. The zero-order chi connectivity index (χ0) is 14.8. The van der Waals surface area contributed by atoms with E-state index in [4.69, 9.17) is 0 Å². The van der Waals surface area contributed by atoms with Crippen LogP contribution in [0.5, 0.6) is 0 Å². The van der Waals surface area contributed by atoms with Crippen LogP contribution in [0.3, 0.4) is 0 Å². The average Bonchev–Trinajstić information content (AvgIpc) is 3.07. The summed E-state index contributed by atoms with van der Waals surface area (Å²) in [6.07, 6.45) is 3.58. The van der Waals surface area contributed by atoms with Crippen LogP contribution in [0.25, 0.3) is 0 Å². The maximum atomic E-state index is 4.53. The maximum absolute atomic E-state index is 4.53. The highest BCUT2D eigenvalue weighted by Gasteiger charge is 2.28. The van der Waals surface area contributed by atoms with E-state index in [1.165, 1.54) is 18.5 Å². The van der Waals surface area contributed by atoms with Crippen LogP contribution in [0.2, 0.25) is 0 Å². The van der Waals surface area contributed by atoms with Gasteiger partial charge in [-0.15, -0.1) is 5.10 Å². The van der Waals surface area contributed by atoms with Crippen LogP contribution in [0.4, 0.5) is 0 Å². The summed E-state index contributed by atoms with van der Waals surface area (Å²) in [5.74, 6) is 1.80. The lowest BCUT2D eigenvalue weighted by molar-refractivity contribution is 0.130. The lowest BCUT2D eigenvalue weighted by atomic mass is 10.0. The van der Waals surface area contributed by atoms with Crippen molar-refractivity contribution in [3.8, 4) is 0 Å². The van der Waals surface area contributed by atoms with Crippen molar-refractivity contribution in [2.24, 2.45) is 0 Å². The van der Waals surface area contributed by atoms with Crippen molar-refractivity contribution >= 4 is 0 Å². The average molecular weight is 289 g/mol. The van der Waals surface area contributed by atoms with Crippen molar-refractivity contribution in [1.29, 1.82) is 0 Å². The van der Waals surface area contributed by atoms with Gasteiger partial charge in [-0.25, -0.2) is 9.67 Å². The standard InChI is InChI=1S/C14H23N7/c1-4-21-13(10(2)16-19-21)9-20-8-6-5-7-12(20)14-15-11(3)17-18-14/h12H,4-9H2,1-3H3,(H,15,17,18). The van der Waals surface area contributed by atoms with Crippen molar-refractivity contribution in [2.75, 3.05) is 6.54 Å². The number of nitrogens with one attached hydrogen (secondary N) is 1. The first kappa shape index (κ1) is 14.2. The van der Waals surface area contributed by atoms with Crippen molar-refractivity contribution in [1.82, 2.24) is 35.1 Å². The maximum Gasteiger partial charge on any atom is 0.167 e. The van der Waals surface area contributed by atoms with Gasteiger partial charge in [-0.05, 0) is 40.2 Å². The number of aryl methyl sites for hydroxylation is 3. The smallest absolute Gasteiger partial charge is 0.167 e. The van der Waals surface area contributed by atoms with Gasteiger partial charge in [-0.2, -0.15) is 5.10 Å². The molecule has 2 aromatic heterocycles. The molecule has 0 radical (unpaired) electrons. The fourth-order valence-electron chi connectivity index (χ4n) is 3.04. The van der Waals surface area contributed by atoms with Gasteiger partial charge in [0, 0.05) is 13.1 Å². The Morgan fingerprint density at radius 3 is 2.86 bits per heavy atom. The lowest BCUT2D eigenvalue weighted by Crippen LogP contribution is -2.34. The Morgan fingerprint density at radius 1 is 1.29 bits per heavy atom. The van der Waals surface area contributed by atoms with Gasteiger partial charge in [0.2, 0.25) is 0 Å². The Kier molecular flexibility index (Phi) is 4.01. The summed E-state index contributed by atoms with van der Waals surface area (Å²) in [4.78, 5) is 6.99. The number of likely N-dealkylation sites (tertiary alicyclic amines) is 1. The Bertz CT molecular complexity index is 600. The van der Waals surface area contributed by atoms with E-state index < -0.39 is 0 Å². The molecular weight excluding hydrogens is 266 g/mol. The van der Waals surface area contributed by atoms with Crippen LogP contribution in [-0.2, 0) is 13.1 Å². The van der Waals surface area contributed by atoms with E-state index in [0.717, 1.165) is 43.4 Å². The molecule has 1 atom stereocenters. The van der Waals surface area contributed by atoms with E-state index in [1.807, 2.05) is 18.5 Å². The van der Waals surface area contributed by atoms with E-state index in [0.29, 0.717) is 6.04 Å². The predicted molar refractivity (Wildman–Crippen MR) is 78.6 cm³/mol. The molecule has 0 spiro atoms. The second-order valence-electron chi connectivity index (χ2n) is 5.70. The molecule has 1 unspecified atom stereocenters. The van der Waals surface area contributed by atoms with Gasteiger partial charge >= 0.3 is 0 Å². The number of aromatic amines is 1. The fourth-order valence-corrected chi connectivity index (χ4v) is 3.04. The van der Waals surface area contributed by atoms with Crippen molar-refractivity contribution < 1.29 is 0 Å². The zero-order valence-corrected chi connectivity index (χ0v) is 13.0. The first-order valence-corrected chi connectivity index (χ1v) is 7.71. The van der Waals surface area contributed by atoms with E-state index in [1.54, 1.807) is 0 Å². The minimum Gasteiger partial charge on any atom is -0.287 e. The molecule has 2 aromatic rings. The summed E-state index contributed by atoms with van der Waals surface area (Å²) in [7, 11) is 0. The van der Waals surface area contributed by atoms with Gasteiger partial charge in [0.05, 0.1) is 17.4 Å². The molecule has 0 aliphatic carbocycles. The second kappa shape index (κ2) is 5.93. The van der Waals surface area contributed by atoms with E-state index in [2.05, 4.69) is 37.3 Å². The van der Waals surface area contributed by atoms with Crippen LogP contribution in [0.15, 0.2) is 0 Å². The molecule has 1 saturated heterocycles. The summed E-state index contributed by atoms with van der Waals surface area (Å²) >= 11 is 0. The molecular formula is C14H23N7. The summed E-state index contributed by atoms with van der Waals surface area (Å²) in [5.41, 5.74) is 2.23. The number of H-pyrrole nitrogens is 1. The van der Waals surface area contributed by atoms with Crippen LogP contribution in [0.1, 0.15) is 55.3 Å². The molecule has 114 valence electrons.